The monoisotopic (exact) mass is 374 g/mol. The van der Waals surface area contributed by atoms with Crippen molar-refractivity contribution in [1.82, 2.24) is 0 Å². The fourth-order valence-electron chi connectivity index (χ4n) is 1.46. The Labute approximate surface area is 148 Å². The first-order chi connectivity index (χ1) is 11.5. The number of hydrogen-bond acceptors (Lipinski definition) is 6. The van der Waals surface area contributed by atoms with Gasteiger partial charge in [-0.1, -0.05) is 7.43 Å². The van der Waals surface area contributed by atoms with Gasteiger partial charge in [0.2, 0.25) is 5.82 Å². The van der Waals surface area contributed by atoms with Gasteiger partial charge in [0.1, 0.15) is 5.82 Å². The van der Waals surface area contributed by atoms with Crippen molar-refractivity contribution in [1.29, 1.82) is 0 Å². The van der Waals surface area contributed by atoms with Crippen LogP contribution in [0.3, 0.4) is 0 Å². The molecule has 144 valence electrons. The predicted molar refractivity (Wildman–Crippen MR) is 93.3 cm³/mol. The molecular weight excluding hydrogens is 354 g/mol. The largest absolute Gasteiger partial charge is 0.399 e. The maximum atomic E-state index is 12.8. The van der Waals surface area contributed by atoms with Crippen LogP contribution in [0.5, 0.6) is 0 Å². The summed E-state index contributed by atoms with van der Waals surface area (Å²) in [5, 5.41) is 23.8. The molecule has 26 heavy (non-hydrogen) atoms. The van der Waals surface area contributed by atoms with E-state index < -0.39 is 21.5 Å². The first-order valence-corrected chi connectivity index (χ1v) is 6.50. The summed E-state index contributed by atoms with van der Waals surface area (Å²) in [6.45, 7) is 3.36. The van der Waals surface area contributed by atoms with Crippen LogP contribution in [0.2, 0.25) is 0 Å². The van der Waals surface area contributed by atoms with Gasteiger partial charge >= 0.3 is 5.69 Å². The molecule has 0 spiro atoms. The van der Waals surface area contributed by atoms with E-state index in [9.17, 15) is 18.9 Å². The van der Waals surface area contributed by atoms with Crippen molar-refractivity contribution in [2.24, 2.45) is 0 Å². The molecule has 0 atom stereocenters. The first kappa shape index (κ1) is 24.7. The smallest absolute Gasteiger partial charge is 0.306 e. The van der Waals surface area contributed by atoms with Gasteiger partial charge in [0, 0.05) is 17.4 Å². The third-order valence-electron chi connectivity index (χ3n) is 2.76. The molecule has 2 aromatic rings. The van der Waals surface area contributed by atoms with Gasteiger partial charge in [-0.05, 0) is 49.2 Å². The lowest BCUT2D eigenvalue weighted by molar-refractivity contribution is -0.742. The molecule has 2 rings (SSSR count). The van der Waals surface area contributed by atoms with Crippen molar-refractivity contribution >= 4 is 17.1 Å². The van der Waals surface area contributed by atoms with E-state index in [1.807, 2.05) is 0 Å². The molecule has 0 radical (unpaired) electrons. The molecule has 0 amide bonds. The highest BCUT2D eigenvalue weighted by atomic mass is 19.1. The molecule has 5 N–H and O–H groups in total. The highest BCUT2D eigenvalue weighted by molar-refractivity contribution is 5.54. The Hall–Kier alpha value is -3.50. The Morgan fingerprint density at radius 1 is 0.962 bits per heavy atom. The zero-order valence-electron chi connectivity index (χ0n) is 13.3. The van der Waals surface area contributed by atoms with Crippen LogP contribution < -0.4 is 11.5 Å². The molecule has 11 heteroatoms. The number of halogens is 2. The summed E-state index contributed by atoms with van der Waals surface area (Å²) in [7, 11) is 0. The molecule has 2 aromatic carbocycles. The van der Waals surface area contributed by atoms with E-state index in [0.29, 0.717) is 11.3 Å². The van der Waals surface area contributed by atoms with E-state index in [1.54, 1.807) is 19.9 Å². The number of nitrogens with zero attached hydrogens (tertiary/aromatic N) is 2. The molecule has 0 aliphatic carbocycles. The van der Waals surface area contributed by atoms with Gasteiger partial charge in [-0.15, -0.1) is 10.1 Å². The van der Waals surface area contributed by atoms with Crippen LogP contribution in [0.4, 0.5) is 25.8 Å². The summed E-state index contributed by atoms with van der Waals surface area (Å²) >= 11 is 0. The second kappa shape index (κ2) is 11.1. The Morgan fingerprint density at radius 2 is 1.42 bits per heavy atom. The van der Waals surface area contributed by atoms with Crippen molar-refractivity contribution in [3.05, 3.63) is 73.3 Å². The number of nitro benzene ring substituents is 1. The minimum Gasteiger partial charge on any atom is -0.399 e. The van der Waals surface area contributed by atoms with Gasteiger partial charge in [0.25, 0.3) is 5.09 Å². The average molecular weight is 374 g/mol. The second-order valence-electron chi connectivity index (χ2n) is 4.66. The Kier molecular flexibility index (Phi) is 10.6. The zero-order chi connectivity index (χ0) is 19.7. The number of benzene rings is 2. The average Bonchev–Trinajstić information content (AvgIpc) is 2.47. The minimum absolute atomic E-state index is 0. The van der Waals surface area contributed by atoms with E-state index in [1.165, 1.54) is 12.1 Å². The van der Waals surface area contributed by atoms with Crippen molar-refractivity contribution in [2.45, 2.75) is 21.3 Å². The van der Waals surface area contributed by atoms with Gasteiger partial charge in [0.05, 0.1) is 4.92 Å². The van der Waals surface area contributed by atoms with Crippen molar-refractivity contribution in [3.8, 4) is 0 Å². The standard InChI is InChI=1S/C7H7FN2O2.C7H8FN.CH4.HNO3/c1-4-2-5(8)7(10(11)12)3-6(4)9;1-5-4-6(8)2-3-7(5)9;;2-1(3)4/h2-3H,9H2,1H3;2-4H,9H2,1H3;1H4;(H,2,3,4). The number of aryl methyl sites for hydroxylation is 2. The molecule has 0 fully saturated rings. The fourth-order valence-corrected chi connectivity index (χ4v) is 1.46. The van der Waals surface area contributed by atoms with Crippen LogP contribution in [0.25, 0.3) is 0 Å². The van der Waals surface area contributed by atoms with Gasteiger partial charge in [0.15, 0.2) is 0 Å². The van der Waals surface area contributed by atoms with Crippen LogP contribution in [-0.2, 0) is 0 Å². The van der Waals surface area contributed by atoms with Crippen molar-refractivity contribution in [3.63, 3.8) is 0 Å². The van der Waals surface area contributed by atoms with Gasteiger partial charge in [-0.2, -0.15) is 4.39 Å². The molecule has 0 bridgehead atoms. The van der Waals surface area contributed by atoms with Crippen LogP contribution >= 0.6 is 0 Å². The molecule has 0 aliphatic rings. The maximum Gasteiger partial charge on any atom is 0.306 e. The normalized spacial score (nSPS) is 8.77. The Balaban J connectivity index is 0. The first-order valence-electron chi connectivity index (χ1n) is 6.50. The van der Waals surface area contributed by atoms with Gasteiger partial charge < -0.3 is 16.7 Å². The molecule has 9 nitrogen and oxygen atoms in total. The minimum atomic E-state index is -1.50. The van der Waals surface area contributed by atoms with Gasteiger partial charge in [-0.25, -0.2) is 4.39 Å². The lowest BCUT2D eigenvalue weighted by atomic mass is 10.2. The molecular formula is C15H20F2N4O5. The number of rotatable bonds is 1. The lowest BCUT2D eigenvalue weighted by Gasteiger charge is -1.99. The van der Waals surface area contributed by atoms with Crippen molar-refractivity contribution in [2.75, 3.05) is 11.5 Å². The number of hydrogen-bond donors (Lipinski definition) is 3. The SMILES string of the molecule is C.Cc1cc(F)c([N+](=O)[O-])cc1N.Cc1cc(F)ccc1N.O=[N+]([O-])O. The maximum absolute atomic E-state index is 12.8. The summed E-state index contributed by atoms with van der Waals surface area (Å²) in [4.78, 5) is 17.8. The van der Waals surface area contributed by atoms with Crippen LogP contribution in [-0.4, -0.2) is 15.2 Å². The molecule has 0 aromatic heterocycles. The number of nitrogens with two attached hydrogens (primary N) is 2. The summed E-state index contributed by atoms with van der Waals surface area (Å²) in [5.41, 5.74) is 12.3. The highest BCUT2D eigenvalue weighted by Crippen LogP contribution is 2.22. The highest BCUT2D eigenvalue weighted by Gasteiger charge is 2.14. The Morgan fingerprint density at radius 3 is 1.81 bits per heavy atom. The topological polar surface area (TPSA) is 159 Å². The summed E-state index contributed by atoms with van der Waals surface area (Å²) in [6.07, 6.45) is 0. The lowest BCUT2D eigenvalue weighted by Crippen LogP contribution is -1.97. The van der Waals surface area contributed by atoms with Crippen LogP contribution in [0, 0.1) is 45.7 Å². The fraction of sp³-hybridized carbons (Fsp3) is 0.200. The molecule has 0 saturated carbocycles. The summed E-state index contributed by atoms with van der Waals surface area (Å²) < 4.78 is 25.1. The summed E-state index contributed by atoms with van der Waals surface area (Å²) in [5.74, 6) is -1.09. The van der Waals surface area contributed by atoms with E-state index in [4.69, 9.17) is 26.8 Å². The van der Waals surface area contributed by atoms with Crippen LogP contribution in [0.1, 0.15) is 18.6 Å². The third-order valence-corrected chi connectivity index (χ3v) is 2.76. The van der Waals surface area contributed by atoms with E-state index >= 15 is 0 Å². The molecule has 0 heterocycles. The predicted octanol–water partition coefficient (Wildman–Crippen LogP) is 3.63. The second-order valence-corrected chi connectivity index (χ2v) is 4.66. The number of nitro groups is 1. The number of anilines is 2. The molecule has 0 unspecified atom stereocenters. The summed E-state index contributed by atoms with van der Waals surface area (Å²) in [6, 6.07) is 6.39. The van der Waals surface area contributed by atoms with Crippen LogP contribution in [0.15, 0.2) is 30.3 Å². The quantitative estimate of drug-likeness (QED) is 0.390. The van der Waals surface area contributed by atoms with Crippen molar-refractivity contribution < 1.29 is 24.0 Å². The Bertz CT molecular complexity index is 768. The number of nitrogen functional groups attached to an aromatic ring is 2. The van der Waals surface area contributed by atoms with E-state index in [2.05, 4.69) is 0 Å². The van der Waals surface area contributed by atoms with Gasteiger partial charge in [-0.3, -0.25) is 10.1 Å². The molecule has 0 aliphatic heterocycles. The zero-order valence-corrected chi connectivity index (χ0v) is 13.3. The molecule has 0 saturated heterocycles. The third kappa shape index (κ3) is 8.96. The van der Waals surface area contributed by atoms with E-state index in [0.717, 1.165) is 17.7 Å². The van der Waals surface area contributed by atoms with E-state index in [-0.39, 0.29) is 18.9 Å².